The van der Waals surface area contributed by atoms with Crippen LogP contribution in [0.2, 0.25) is 0 Å². The molecular formula is C22H24FN3O. The molecule has 0 aromatic heterocycles. The van der Waals surface area contributed by atoms with Crippen molar-refractivity contribution in [3.63, 3.8) is 0 Å². The average molecular weight is 365 g/mol. The molecule has 1 amide bonds. The van der Waals surface area contributed by atoms with E-state index in [9.17, 15) is 9.18 Å². The number of nitrogens with zero attached hydrogens (tertiary/aromatic N) is 1. The summed E-state index contributed by atoms with van der Waals surface area (Å²) in [4.78, 5) is 14.8. The number of benzene rings is 2. The third kappa shape index (κ3) is 3.88. The third-order valence-corrected chi connectivity index (χ3v) is 5.28. The monoisotopic (exact) mass is 365 g/mol. The number of amides is 1. The van der Waals surface area contributed by atoms with E-state index in [2.05, 4.69) is 27.7 Å². The normalized spacial score (nSPS) is 21.3. The van der Waals surface area contributed by atoms with Crippen LogP contribution in [0.5, 0.6) is 0 Å². The van der Waals surface area contributed by atoms with Crippen LogP contribution < -0.4 is 15.5 Å². The summed E-state index contributed by atoms with van der Waals surface area (Å²) in [6.07, 6.45) is 6.27. The lowest BCUT2D eigenvalue weighted by Gasteiger charge is -2.33. The largest absolute Gasteiger partial charge is 0.344 e. The van der Waals surface area contributed by atoms with E-state index in [1.807, 2.05) is 24.4 Å². The molecule has 4 rings (SSSR count). The van der Waals surface area contributed by atoms with Crippen molar-refractivity contribution in [3.05, 3.63) is 66.1 Å². The number of carbonyl (C=O) groups is 1. The molecule has 5 heteroatoms. The number of fused-ring (bicyclic) bond motifs is 1. The van der Waals surface area contributed by atoms with E-state index in [0.717, 1.165) is 44.5 Å². The van der Waals surface area contributed by atoms with Crippen molar-refractivity contribution < 1.29 is 9.18 Å². The number of para-hydroxylation sites is 1. The van der Waals surface area contributed by atoms with Crippen LogP contribution in [-0.4, -0.2) is 25.0 Å². The third-order valence-electron chi connectivity index (χ3n) is 5.28. The zero-order valence-electron chi connectivity index (χ0n) is 15.2. The Balaban J connectivity index is 1.74. The summed E-state index contributed by atoms with van der Waals surface area (Å²) in [5, 5.41) is 6.32. The lowest BCUT2D eigenvalue weighted by atomic mass is 10.0. The molecule has 0 saturated carbocycles. The molecule has 1 fully saturated rings. The summed E-state index contributed by atoms with van der Waals surface area (Å²) in [5.74, 6) is -0.516. The van der Waals surface area contributed by atoms with Crippen molar-refractivity contribution in [2.75, 3.05) is 23.3 Å². The van der Waals surface area contributed by atoms with Gasteiger partial charge in [0.2, 0.25) is 0 Å². The number of carbonyl (C=O) groups excluding carboxylic acids is 1. The summed E-state index contributed by atoms with van der Waals surface area (Å²) in [6, 6.07) is 14.8. The first-order valence-corrected chi connectivity index (χ1v) is 9.59. The molecule has 1 atom stereocenters. The van der Waals surface area contributed by atoms with Gasteiger partial charge in [-0.05, 0) is 62.7 Å². The summed E-state index contributed by atoms with van der Waals surface area (Å²) >= 11 is 0. The SMILES string of the molecule is O=C1Nc2ccc(F)cc2/C1=C/N(c1ccccc1)C1CCCCNCC1. The zero-order chi connectivity index (χ0) is 18.6. The molecule has 1 saturated heterocycles. The van der Waals surface area contributed by atoms with Gasteiger partial charge >= 0.3 is 0 Å². The van der Waals surface area contributed by atoms with Crippen molar-refractivity contribution in [3.8, 4) is 0 Å². The van der Waals surface area contributed by atoms with Crippen molar-refractivity contribution in [2.45, 2.75) is 31.7 Å². The average Bonchev–Trinajstić information content (AvgIpc) is 2.95. The van der Waals surface area contributed by atoms with E-state index >= 15 is 0 Å². The van der Waals surface area contributed by atoms with Gasteiger partial charge in [0.1, 0.15) is 5.82 Å². The summed E-state index contributed by atoms with van der Waals surface area (Å²) in [5.41, 5.74) is 2.86. The van der Waals surface area contributed by atoms with Gasteiger partial charge in [0.25, 0.3) is 5.91 Å². The first-order valence-electron chi connectivity index (χ1n) is 9.59. The number of anilines is 2. The fraction of sp³-hybridized carbons (Fsp3) is 0.318. The highest BCUT2D eigenvalue weighted by molar-refractivity contribution is 6.31. The molecule has 2 aromatic rings. The van der Waals surface area contributed by atoms with Crippen LogP contribution in [0.25, 0.3) is 5.57 Å². The predicted molar refractivity (Wildman–Crippen MR) is 107 cm³/mol. The highest BCUT2D eigenvalue weighted by atomic mass is 19.1. The van der Waals surface area contributed by atoms with Crippen LogP contribution in [0, 0.1) is 5.82 Å². The van der Waals surface area contributed by atoms with Crippen LogP contribution in [0.15, 0.2) is 54.7 Å². The first-order chi connectivity index (χ1) is 13.2. The van der Waals surface area contributed by atoms with Gasteiger partial charge in [0, 0.05) is 29.2 Å². The molecule has 0 spiro atoms. The Bertz CT molecular complexity index is 842. The van der Waals surface area contributed by atoms with Gasteiger partial charge in [-0.15, -0.1) is 0 Å². The summed E-state index contributed by atoms with van der Waals surface area (Å²) < 4.78 is 13.8. The number of halogens is 1. The topological polar surface area (TPSA) is 44.4 Å². The van der Waals surface area contributed by atoms with E-state index in [-0.39, 0.29) is 17.8 Å². The molecule has 0 bridgehead atoms. The van der Waals surface area contributed by atoms with Crippen molar-refractivity contribution in [1.29, 1.82) is 0 Å². The van der Waals surface area contributed by atoms with Gasteiger partial charge in [-0.3, -0.25) is 4.79 Å². The Kier molecular flexibility index (Phi) is 5.21. The van der Waals surface area contributed by atoms with E-state index in [4.69, 9.17) is 0 Å². The van der Waals surface area contributed by atoms with Crippen LogP contribution in [0.4, 0.5) is 15.8 Å². The maximum atomic E-state index is 13.8. The minimum atomic E-state index is -0.336. The zero-order valence-corrected chi connectivity index (χ0v) is 15.2. The fourth-order valence-electron chi connectivity index (χ4n) is 3.86. The molecule has 2 aliphatic heterocycles. The highest BCUT2D eigenvalue weighted by Gasteiger charge is 2.27. The fourth-order valence-corrected chi connectivity index (χ4v) is 3.86. The number of hydrogen-bond donors (Lipinski definition) is 2. The second-order valence-corrected chi connectivity index (χ2v) is 7.12. The first kappa shape index (κ1) is 17.7. The Labute approximate surface area is 159 Å². The van der Waals surface area contributed by atoms with E-state index < -0.39 is 0 Å². The van der Waals surface area contributed by atoms with Gasteiger partial charge in [-0.25, -0.2) is 4.39 Å². The molecule has 2 aliphatic rings. The summed E-state index contributed by atoms with van der Waals surface area (Å²) in [7, 11) is 0. The van der Waals surface area contributed by atoms with Crippen LogP contribution in [0.3, 0.4) is 0 Å². The molecule has 2 N–H and O–H groups in total. The second-order valence-electron chi connectivity index (χ2n) is 7.12. The van der Waals surface area contributed by atoms with Crippen LogP contribution in [0.1, 0.15) is 31.2 Å². The Morgan fingerprint density at radius 3 is 2.74 bits per heavy atom. The molecule has 4 nitrogen and oxygen atoms in total. The van der Waals surface area contributed by atoms with Gasteiger partial charge < -0.3 is 15.5 Å². The molecule has 2 aromatic carbocycles. The lowest BCUT2D eigenvalue weighted by Crippen LogP contribution is -2.36. The smallest absolute Gasteiger partial charge is 0.257 e. The minimum absolute atomic E-state index is 0.180. The molecular weight excluding hydrogens is 341 g/mol. The van der Waals surface area contributed by atoms with E-state index in [1.165, 1.54) is 12.1 Å². The number of nitrogens with one attached hydrogen (secondary N) is 2. The highest BCUT2D eigenvalue weighted by Crippen LogP contribution is 2.34. The maximum absolute atomic E-state index is 13.8. The molecule has 1 unspecified atom stereocenters. The van der Waals surface area contributed by atoms with Crippen LogP contribution >= 0.6 is 0 Å². The standard InChI is InChI=1S/C22H24FN3O/c23-16-9-10-21-19(14-16)20(22(27)25-21)15-26(17-6-2-1-3-7-17)18-8-4-5-12-24-13-11-18/h1-3,6-7,9-10,14-15,18,24H,4-5,8,11-13H2,(H,25,27)/b20-15-. The Hall–Kier alpha value is -2.66. The number of rotatable bonds is 3. The molecule has 0 aliphatic carbocycles. The Morgan fingerprint density at radius 1 is 1.04 bits per heavy atom. The van der Waals surface area contributed by atoms with E-state index in [0.29, 0.717) is 16.8 Å². The quantitative estimate of drug-likeness (QED) is 0.803. The molecule has 140 valence electrons. The van der Waals surface area contributed by atoms with Gasteiger partial charge in [0.15, 0.2) is 0 Å². The van der Waals surface area contributed by atoms with Crippen molar-refractivity contribution in [2.24, 2.45) is 0 Å². The van der Waals surface area contributed by atoms with Gasteiger partial charge in [-0.1, -0.05) is 24.6 Å². The summed E-state index contributed by atoms with van der Waals surface area (Å²) in [6.45, 7) is 2.02. The maximum Gasteiger partial charge on any atom is 0.257 e. The number of hydrogen-bond acceptors (Lipinski definition) is 3. The minimum Gasteiger partial charge on any atom is -0.344 e. The molecule has 27 heavy (non-hydrogen) atoms. The van der Waals surface area contributed by atoms with Gasteiger partial charge in [0.05, 0.1) is 5.57 Å². The second kappa shape index (κ2) is 7.92. The van der Waals surface area contributed by atoms with E-state index in [1.54, 1.807) is 6.07 Å². The van der Waals surface area contributed by atoms with Gasteiger partial charge in [-0.2, -0.15) is 0 Å². The van der Waals surface area contributed by atoms with Crippen LogP contribution in [-0.2, 0) is 4.79 Å². The molecule has 2 heterocycles. The van der Waals surface area contributed by atoms with Crippen molar-refractivity contribution in [1.82, 2.24) is 5.32 Å². The Morgan fingerprint density at radius 2 is 1.89 bits per heavy atom. The van der Waals surface area contributed by atoms with Crippen molar-refractivity contribution >= 4 is 22.9 Å². The predicted octanol–water partition coefficient (Wildman–Crippen LogP) is 4.16. The lowest BCUT2D eigenvalue weighted by molar-refractivity contribution is -0.110. The molecule has 0 radical (unpaired) electrons.